The van der Waals surface area contributed by atoms with Crippen molar-refractivity contribution in [2.75, 3.05) is 0 Å². The molecule has 0 aromatic heterocycles. The van der Waals surface area contributed by atoms with Crippen molar-refractivity contribution < 1.29 is 9.53 Å². The van der Waals surface area contributed by atoms with Gasteiger partial charge in [0.15, 0.2) is 0 Å². The molecule has 0 saturated heterocycles. The van der Waals surface area contributed by atoms with Crippen LogP contribution in [-0.2, 0) is 9.53 Å². The molecule has 0 amide bonds. The molecular formula is C12H24O2. The first-order chi connectivity index (χ1) is 6.47. The Kier molecular flexibility index (Phi) is 6.60. The number of carbonyl (C=O) groups is 1. The van der Waals surface area contributed by atoms with Crippen molar-refractivity contribution in [3.8, 4) is 0 Å². The van der Waals surface area contributed by atoms with Gasteiger partial charge in [-0.3, -0.25) is 4.79 Å². The number of hydrogen-bond acceptors (Lipinski definition) is 2. The van der Waals surface area contributed by atoms with E-state index in [1.54, 1.807) is 0 Å². The van der Waals surface area contributed by atoms with Gasteiger partial charge in [0.1, 0.15) is 0 Å². The van der Waals surface area contributed by atoms with E-state index in [1.165, 1.54) is 0 Å². The van der Waals surface area contributed by atoms with Crippen LogP contribution >= 0.6 is 0 Å². The van der Waals surface area contributed by atoms with Gasteiger partial charge >= 0.3 is 5.97 Å². The third-order valence-electron chi connectivity index (χ3n) is 2.27. The molecule has 0 saturated carbocycles. The minimum atomic E-state index is -0.0249. The highest BCUT2D eigenvalue weighted by Gasteiger charge is 2.18. The molecule has 0 N–H and O–H groups in total. The third-order valence-corrected chi connectivity index (χ3v) is 2.27. The van der Waals surface area contributed by atoms with Crippen LogP contribution in [0.4, 0.5) is 0 Å². The lowest BCUT2D eigenvalue weighted by molar-refractivity contribution is -0.152. The van der Waals surface area contributed by atoms with Crippen molar-refractivity contribution in [3.05, 3.63) is 0 Å². The SMILES string of the molecule is CCC(CCC(C)C)C(=O)OC(C)C. The molecule has 0 fully saturated rings. The van der Waals surface area contributed by atoms with E-state index in [2.05, 4.69) is 13.8 Å². The summed E-state index contributed by atoms with van der Waals surface area (Å²) in [5.41, 5.74) is 0. The van der Waals surface area contributed by atoms with Crippen LogP contribution in [0.2, 0.25) is 0 Å². The molecule has 0 aromatic rings. The molecule has 0 bridgehead atoms. The lowest BCUT2D eigenvalue weighted by Gasteiger charge is -2.16. The Morgan fingerprint density at radius 2 is 1.71 bits per heavy atom. The van der Waals surface area contributed by atoms with Crippen LogP contribution in [0, 0.1) is 11.8 Å². The smallest absolute Gasteiger partial charge is 0.309 e. The van der Waals surface area contributed by atoms with Gasteiger partial charge in [0.2, 0.25) is 0 Å². The van der Waals surface area contributed by atoms with Crippen LogP contribution in [0.15, 0.2) is 0 Å². The highest BCUT2D eigenvalue weighted by Crippen LogP contribution is 2.17. The molecule has 14 heavy (non-hydrogen) atoms. The van der Waals surface area contributed by atoms with E-state index in [1.807, 2.05) is 20.8 Å². The molecule has 0 aliphatic heterocycles. The molecule has 1 unspecified atom stereocenters. The summed E-state index contributed by atoms with van der Waals surface area (Å²) in [7, 11) is 0. The molecule has 84 valence electrons. The van der Waals surface area contributed by atoms with Crippen molar-refractivity contribution in [2.24, 2.45) is 11.8 Å². The third kappa shape index (κ3) is 6.01. The lowest BCUT2D eigenvalue weighted by atomic mass is 9.96. The Hall–Kier alpha value is -0.530. The second-order valence-corrected chi connectivity index (χ2v) is 4.56. The van der Waals surface area contributed by atoms with Crippen molar-refractivity contribution in [1.29, 1.82) is 0 Å². The summed E-state index contributed by atoms with van der Waals surface area (Å²) in [5, 5.41) is 0. The Bertz CT molecular complexity index is 162. The van der Waals surface area contributed by atoms with E-state index >= 15 is 0 Å². The van der Waals surface area contributed by atoms with Crippen molar-refractivity contribution in [3.63, 3.8) is 0 Å². The summed E-state index contributed by atoms with van der Waals surface area (Å²) >= 11 is 0. The van der Waals surface area contributed by atoms with E-state index < -0.39 is 0 Å². The minimum Gasteiger partial charge on any atom is -0.463 e. The predicted molar refractivity (Wildman–Crippen MR) is 59.1 cm³/mol. The molecule has 1 atom stereocenters. The molecule has 0 rings (SSSR count). The lowest BCUT2D eigenvalue weighted by Crippen LogP contribution is -2.21. The van der Waals surface area contributed by atoms with Crippen LogP contribution < -0.4 is 0 Å². The molecule has 0 heterocycles. The molecule has 0 aliphatic carbocycles. The number of rotatable bonds is 6. The fourth-order valence-electron chi connectivity index (χ4n) is 1.35. The fourth-order valence-corrected chi connectivity index (χ4v) is 1.35. The number of hydrogen-bond donors (Lipinski definition) is 0. The first-order valence-electron chi connectivity index (χ1n) is 5.67. The van der Waals surface area contributed by atoms with Gasteiger partial charge in [-0.25, -0.2) is 0 Å². The van der Waals surface area contributed by atoms with Gasteiger partial charge in [0, 0.05) is 0 Å². The summed E-state index contributed by atoms with van der Waals surface area (Å²) < 4.78 is 5.20. The summed E-state index contributed by atoms with van der Waals surface area (Å²) in [6.45, 7) is 10.2. The van der Waals surface area contributed by atoms with Crippen LogP contribution in [0.25, 0.3) is 0 Å². The minimum absolute atomic E-state index is 0.00981. The van der Waals surface area contributed by atoms with E-state index in [-0.39, 0.29) is 18.0 Å². The molecule has 2 nitrogen and oxygen atoms in total. The van der Waals surface area contributed by atoms with Crippen molar-refractivity contribution >= 4 is 5.97 Å². The average molecular weight is 200 g/mol. The van der Waals surface area contributed by atoms with Gasteiger partial charge in [-0.1, -0.05) is 27.2 Å². The molecule has 0 aromatic carbocycles. The van der Waals surface area contributed by atoms with Crippen LogP contribution in [0.1, 0.15) is 53.9 Å². The van der Waals surface area contributed by atoms with E-state index in [4.69, 9.17) is 4.74 Å². The monoisotopic (exact) mass is 200 g/mol. The van der Waals surface area contributed by atoms with Gasteiger partial charge in [-0.2, -0.15) is 0 Å². The molecule has 0 spiro atoms. The summed E-state index contributed by atoms with van der Waals surface area (Å²) in [5.74, 6) is 0.735. The van der Waals surface area contributed by atoms with Crippen molar-refractivity contribution in [2.45, 2.75) is 60.0 Å². The quantitative estimate of drug-likeness (QED) is 0.614. The second kappa shape index (κ2) is 6.86. The first-order valence-corrected chi connectivity index (χ1v) is 5.67. The molecule has 0 aliphatic rings. The standard InChI is InChI=1S/C12H24O2/c1-6-11(8-7-9(2)3)12(13)14-10(4)5/h9-11H,6-8H2,1-5H3. The first kappa shape index (κ1) is 13.5. The Morgan fingerprint density at radius 3 is 2.07 bits per heavy atom. The average Bonchev–Trinajstić information content (AvgIpc) is 2.03. The Labute approximate surface area is 88.0 Å². The highest BCUT2D eigenvalue weighted by atomic mass is 16.5. The largest absolute Gasteiger partial charge is 0.463 e. The number of carbonyl (C=O) groups excluding carboxylic acids is 1. The maximum absolute atomic E-state index is 11.6. The second-order valence-electron chi connectivity index (χ2n) is 4.56. The zero-order valence-electron chi connectivity index (χ0n) is 10.2. The predicted octanol–water partition coefficient (Wildman–Crippen LogP) is 3.40. The zero-order valence-corrected chi connectivity index (χ0v) is 10.2. The van der Waals surface area contributed by atoms with Gasteiger partial charge in [0.25, 0.3) is 0 Å². The van der Waals surface area contributed by atoms with Gasteiger partial charge in [-0.05, 0) is 32.6 Å². The fraction of sp³-hybridized carbons (Fsp3) is 0.917. The van der Waals surface area contributed by atoms with E-state index in [9.17, 15) is 4.79 Å². The highest BCUT2D eigenvalue weighted by molar-refractivity contribution is 5.72. The van der Waals surface area contributed by atoms with Gasteiger partial charge < -0.3 is 4.74 Å². The zero-order chi connectivity index (χ0) is 11.1. The van der Waals surface area contributed by atoms with Crippen LogP contribution in [0.3, 0.4) is 0 Å². The summed E-state index contributed by atoms with van der Waals surface area (Å²) in [6, 6.07) is 0. The molecular weight excluding hydrogens is 176 g/mol. The number of ether oxygens (including phenoxy) is 1. The van der Waals surface area contributed by atoms with Crippen LogP contribution in [0.5, 0.6) is 0 Å². The summed E-state index contributed by atoms with van der Waals surface area (Å²) in [6.07, 6.45) is 2.96. The Balaban J connectivity index is 3.93. The molecule has 0 radical (unpaired) electrons. The molecule has 2 heteroatoms. The summed E-state index contributed by atoms with van der Waals surface area (Å²) in [4.78, 5) is 11.6. The maximum Gasteiger partial charge on any atom is 0.309 e. The van der Waals surface area contributed by atoms with Gasteiger partial charge in [0.05, 0.1) is 12.0 Å². The topological polar surface area (TPSA) is 26.3 Å². The van der Waals surface area contributed by atoms with Crippen molar-refractivity contribution in [1.82, 2.24) is 0 Å². The van der Waals surface area contributed by atoms with E-state index in [0.29, 0.717) is 5.92 Å². The number of esters is 1. The normalized spacial score (nSPS) is 13.4. The Morgan fingerprint density at radius 1 is 1.14 bits per heavy atom. The van der Waals surface area contributed by atoms with Gasteiger partial charge in [-0.15, -0.1) is 0 Å². The van der Waals surface area contributed by atoms with E-state index in [0.717, 1.165) is 19.3 Å². The maximum atomic E-state index is 11.6. The van der Waals surface area contributed by atoms with Crippen LogP contribution in [-0.4, -0.2) is 12.1 Å².